The van der Waals surface area contributed by atoms with E-state index in [1.807, 2.05) is 6.07 Å². The highest BCUT2D eigenvalue weighted by molar-refractivity contribution is 6.30. The van der Waals surface area contributed by atoms with Crippen molar-refractivity contribution in [2.45, 2.75) is 6.54 Å². The smallest absolute Gasteiger partial charge is 0.332 e. The summed E-state index contributed by atoms with van der Waals surface area (Å²) in [7, 11) is 0. The molecule has 2 rings (SSSR count). The fourth-order valence-electron chi connectivity index (χ4n) is 1.45. The van der Waals surface area contributed by atoms with Gasteiger partial charge in [-0.1, -0.05) is 17.7 Å². The predicted octanol–water partition coefficient (Wildman–Crippen LogP) is 2.08. The molecule has 1 aromatic rings. The Hall–Kier alpha value is -1.68. The normalized spacial score (nSPS) is 13.5. The Morgan fingerprint density at radius 1 is 1.47 bits per heavy atom. The zero-order valence-electron chi connectivity index (χ0n) is 7.66. The summed E-state index contributed by atoms with van der Waals surface area (Å²) in [5.74, 6) is -0.782. The van der Waals surface area contributed by atoms with Gasteiger partial charge in [0, 0.05) is 16.7 Å². The van der Waals surface area contributed by atoms with E-state index in [4.69, 9.17) is 11.6 Å². The van der Waals surface area contributed by atoms with Gasteiger partial charge in [0.2, 0.25) is 0 Å². The minimum atomic E-state index is -0.782. The lowest BCUT2D eigenvalue weighted by Gasteiger charge is -2.16. The minimum Gasteiger partial charge on any atom is -0.376 e. The number of hydrogen-bond donors (Lipinski definition) is 1. The fourth-order valence-corrected chi connectivity index (χ4v) is 1.65. The van der Waals surface area contributed by atoms with Crippen LogP contribution in [0.1, 0.15) is 11.1 Å². The van der Waals surface area contributed by atoms with Gasteiger partial charge in [-0.2, -0.15) is 0 Å². The summed E-state index contributed by atoms with van der Waals surface area (Å²) in [6.45, 7) is 0.475. The number of carbonyl (C=O) groups is 1. The third-order valence-electron chi connectivity index (χ3n) is 2.19. The van der Waals surface area contributed by atoms with Crippen LogP contribution >= 0.6 is 11.6 Å². The van der Waals surface area contributed by atoms with Crippen LogP contribution in [0.3, 0.4) is 0 Å². The first-order valence-corrected chi connectivity index (χ1v) is 4.70. The van der Waals surface area contributed by atoms with Crippen LogP contribution in [0, 0.1) is 4.91 Å². The van der Waals surface area contributed by atoms with E-state index in [2.05, 4.69) is 10.5 Å². The molecule has 1 N–H and O–H groups in total. The molecule has 4 nitrogen and oxygen atoms in total. The molecule has 0 saturated carbocycles. The number of nitroso groups, excluding NO2 is 1. The van der Waals surface area contributed by atoms with Crippen LogP contribution in [0.4, 0.5) is 0 Å². The lowest BCUT2D eigenvalue weighted by Crippen LogP contribution is -2.22. The van der Waals surface area contributed by atoms with E-state index in [1.54, 1.807) is 18.2 Å². The van der Waals surface area contributed by atoms with Gasteiger partial charge >= 0.3 is 5.91 Å². The summed E-state index contributed by atoms with van der Waals surface area (Å²) in [6.07, 6.45) is 1.60. The molecule has 5 heteroatoms. The van der Waals surface area contributed by atoms with E-state index < -0.39 is 5.91 Å². The highest BCUT2D eigenvalue weighted by atomic mass is 35.5. The molecule has 0 unspecified atom stereocenters. The van der Waals surface area contributed by atoms with Crippen molar-refractivity contribution in [1.82, 2.24) is 5.32 Å². The maximum atomic E-state index is 11.0. The number of hydrogen-bond acceptors (Lipinski definition) is 3. The molecule has 1 aliphatic rings. The summed E-state index contributed by atoms with van der Waals surface area (Å²) >= 11 is 5.82. The largest absolute Gasteiger partial charge is 0.376 e. The maximum absolute atomic E-state index is 11.0. The number of nitrogens with zero attached hydrogens (tertiary/aromatic N) is 1. The summed E-state index contributed by atoms with van der Waals surface area (Å²) in [5, 5.41) is 5.81. The van der Waals surface area contributed by atoms with Crippen LogP contribution in [0.2, 0.25) is 5.02 Å². The number of amides is 1. The third-order valence-corrected chi connectivity index (χ3v) is 2.42. The zero-order chi connectivity index (χ0) is 10.8. The van der Waals surface area contributed by atoms with Crippen molar-refractivity contribution in [3.8, 4) is 0 Å². The summed E-state index contributed by atoms with van der Waals surface area (Å²) in [6, 6.07) is 5.35. The topological polar surface area (TPSA) is 58.5 Å². The number of carbonyl (C=O) groups excluding carboxylic acids is 1. The molecule has 1 aromatic carbocycles. The third kappa shape index (κ3) is 1.89. The molecule has 15 heavy (non-hydrogen) atoms. The molecule has 76 valence electrons. The van der Waals surface area contributed by atoms with Gasteiger partial charge in [0.1, 0.15) is 5.70 Å². The van der Waals surface area contributed by atoms with Crippen molar-refractivity contribution >= 4 is 23.6 Å². The number of halogens is 1. The molecule has 0 spiro atoms. The first kappa shape index (κ1) is 9.86. The molecule has 0 fully saturated rings. The van der Waals surface area contributed by atoms with Gasteiger partial charge in [-0.05, 0) is 29.3 Å². The van der Waals surface area contributed by atoms with Crippen LogP contribution in [0.15, 0.2) is 29.1 Å². The van der Waals surface area contributed by atoms with Crippen LogP contribution in [0.25, 0.3) is 6.08 Å². The Kier molecular flexibility index (Phi) is 2.51. The lowest BCUT2D eigenvalue weighted by molar-refractivity contribution is -0.114. The Morgan fingerprint density at radius 2 is 2.27 bits per heavy atom. The van der Waals surface area contributed by atoms with Crippen molar-refractivity contribution < 1.29 is 4.79 Å². The van der Waals surface area contributed by atoms with E-state index in [1.165, 1.54) is 0 Å². The molecule has 1 aliphatic heterocycles. The van der Waals surface area contributed by atoms with Gasteiger partial charge in [-0.3, -0.25) is 4.79 Å². The Labute approximate surface area is 90.9 Å². The lowest BCUT2D eigenvalue weighted by atomic mass is 10.0. The van der Waals surface area contributed by atoms with Crippen LogP contribution in [0.5, 0.6) is 0 Å². The van der Waals surface area contributed by atoms with E-state index in [0.29, 0.717) is 11.6 Å². The Bertz CT molecular complexity index is 468. The molecular formula is C10H7ClN2O2. The molecule has 0 radical (unpaired) electrons. The first-order chi connectivity index (χ1) is 7.20. The molecular weight excluding hydrogens is 216 g/mol. The van der Waals surface area contributed by atoms with Crippen molar-refractivity contribution in [2.75, 3.05) is 0 Å². The highest BCUT2D eigenvalue weighted by Crippen LogP contribution is 2.21. The number of nitrogens with one attached hydrogen (secondary N) is 1. The standard InChI is InChI=1S/C10H7ClN2O2/c11-8-2-1-6-4-9(10(14)13-15)12-5-7(6)3-8/h1-4,12H,5H2. The van der Waals surface area contributed by atoms with Crippen molar-refractivity contribution in [3.05, 3.63) is 45.0 Å². The van der Waals surface area contributed by atoms with E-state index in [-0.39, 0.29) is 5.70 Å². The predicted molar refractivity (Wildman–Crippen MR) is 57.1 cm³/mol. The molecule has 1 amide bonds. The Morgan fingerprint density at radius 3 is 3.00 bits per heavy atom. The van der Waals surface area contributed by atoms with Crippen LogP contribution in [-0.4, -0.2) is 5.91 Å². The van der Waals surface area contributed by atoms with Gasteiger partial charge < -0.3 is 5.32 Å². The summed E-state index contributed by atoms with van der Waals surface area (Å²) in [4.78, 5) is 21.1. The van der Waals surface area contributed by atoms with Crippen molar-refractivity contribution in [3.63, 3.8) is 0 Å². The molecule has 0 saturated heterocycles. The number of benzene rings is 1. The van der Waals surface area contributed by atoms with Crippen molar-refractivity contribution in [2.24, 2.45) is 5.18 Å². The molecule has 0 atom stereocenters. The second-order valence-electron chi connectivity index (χ2n) is 3.15. The maximum Gasteiger partial charge on any atom is 0.332 e. The second-order valence-corrected chi connectivity index (χ2v) is 3.59. The van der Waals surface area contributed by atoms with Crippen LogP contribution in [-0.2, 0) is 11.3 Å². The van der Waals surface area contributed by atoms with E-state index in [0.717, 1.165) is 11.1 Å². The SMILES string of the molecule is O=NC(=O)C1=Cc2ccc(Cl)cc2CN1. The number of rotatable bonds is 1. The van der Waals surface area contributed by atoms with Gasteiger partial charge in [0.25, 0.3) is 0 Å². The van der Waals surface area contributed by atoms with Crippen molar-refractivity contribution in [1.29, 1.82) is 0 Å². The first-order valence-electron chi connectivity index (χ1n) is 4.32. The van der Waals surface area contributed by atoms with E-state index in [9.17, 15) is 9.70 Å². The van der Waals surface area contributed by atoms with E-state index >= 15 is 0 Å². The highest BCUT2D eigenvalue weighted by Gasteiger charge is 2.15. The molecule has 0 bridgehead atoms. The average molecular weight is 223 g/mol. The van der Waals surface area contributed by atoms with Gasteiger partial charge in [0.15, 0.2) is 0 Å². The quantitative estimate of drug-likeness (QED) is 0.740. The number of fused-ring (bicyclic) bond motifs is 1. The second kappa shape index (κ2) is 3.82. The molecule has 0 aromatic heterocycles. The van der Waals surface area contributed by atoms with Crippen LogP contribution < -0.4 is 5.32 Å². The summed E-state index contributed by atoms with van der Waals surface area (Å²) in [5.41, 5.74) is 2.09. The zero-order valence-corrected chi connectivity index (χ0v) is 8.41. The molecule has 0 aliphatic carbocycles. The van der Waals surface area contributed by atoms with Gasteiger partial charge in [0.05, 0.1) is 0 Å². The monoisotopic (exact) mass is 222 g/mol. The van der Waals surface area contributed by atoms with Gasteiger partial charge in [-0.15, -0.1) is 4.91 Å². The summed E-state index contributed by atoms with van der Waals surface area (Å²) < 4.78 is 0. The average Bonchev–Trinajstić information content (AvgIpc) is 2.27. The fraction of sp³-hybridized carbons (Fsp3) is 0.100. The molecule has 1 heterocycles. The Balaban J connectivity index is 2.41. The minimum absolute atomic E-state index is 0.222. The van der Waals surface area contributed by atoms with Gasteiger partial charge in [-0.25, -0.2) is 0 Å².